The summed E-state index contributed by atoms with van der Waals surface area (Å²) in [4.78, 5) is 16.4. The van der Waals surface area contributed by atoms with Crippen LogP contribution in [0.3, 0.4) is 0 Å². The summed E-state index contributed by atoms with van der Waals surface area (Å²) in [7, 11) is 0. The van der Waals surface area contributed by atoms with E-state index in [1.165, 1.54) is 12.1 Å². The Morgan fingerprint density at radius 2 is 1.95 bits per heavy atom. The minimum Gasteiger partial charge on any atom is -0.391 e. The van der Waals surface area contributed by atoms with Crippen molar-refractivity contribution in [2.75, 3.05) is 39.4 Å². The zero-order chi connectivity index (χ0) is 15.5. The topological polar surface area (TPSA) is 53.0 Å². The Hall–Kier alpha value is -1.50. The molecular formula is C16H21FN2O3. The molecule has 120 valence electrons. The monoisotopic (exact) mass is 308 g/mol. The summed E-state index contributed by atoms with van der Waals surface area (Å²) < 4.78 is 18.3. The zero-order valence-corrected chi connectivity index (χ0v) is 12.4. The average Bonchev–Trinajstić information content (AvgIpc) is 2.91. The Morgan fingerprint density at radius 3 is 2.64 bits per heavy atom. The summed E-state index contributed by atoms with van der Waals surface area (Å²) in [5, 5.41) is 9.94. The van der Waals surface area contributed by atoms with Gasteiger partial charge in [-0.2, -0.15) is 0 Å². The van der Waals surface area contributed by atoms with Gasteiger partial charge in [0.2, 0.25) is 5.91 Å². The van der Waals surface area contributed by atoms with Gasteiger partial charge in [0.15, 0.2) is 0 Å². The first-order valence-corrected chi connectivity index (χ1v) is 7.66. The van der Waals surface area contributed by atoms with Gasteiger partial charge in [0.25, 0.3) is 0 Å². The third-order valence-electron chi connectivity index (χ3n) is 4.32. The molecule has 22 heavy (non-hydrogen) atoms. The van der Waals surface area contributed by atoms with Crippen molar-refractivity contribution in [3.8, 4) is 0 Å². The molecule has 1 aromatic rings. The smallest absolute Gasteiger partial charge is 0.237 e. The van der Waals surface area contributed by atoms with Gasteiger partial charge in [-0.3, -0.25) is 9.69 Å². The van der Waals surface area contributed by atoms with Crippen molar-refractivity contribution >= 4 is 5.91 Å². The number of hydrogen-bond acceptors (Lipinski definition) is 4. The van der Waals surface area contributed by atoms with Crippen molar-refractivity contribution in [1.29, 1.82) is 0 Å². The molecule has 0 bridgehead atoms. The molecule has 1 amide bonds. The molecule has 2 saturated heterocycles. The third kappa shape index (κ3) is 3.45. The fourth-order valence-electron chi connectivity index (χ4n) is 3.13. The van der Waals surface area contributed by atoms with Crippen molar-refractivity contribution < 1.29 is 19.0 Å². The summed E-state index contributed by atoms with van der Waals surface area (Å²) in [6.45, 7) is 3.49. The number of halogens is 1. The van der Waals surface area contributed by atoms with E-state index < -0.39 is 6.10 Å². The minimum atomic E-state index is -0.524. The van der Waals surface area contributed by atoms with Crippen LogP contribution in [0.15, 0.2) is 24.3 Å². The Morgan fingerprint density at radius 1 is 1.27 bits per heavy atom. The van der Waals surface area contributed by atoms with Crippen molar-refractivity contribution in [2.45, 2.75) is 18.6 Å². The number of hydrogen-bond donors (Lipinski definition) is 1. The van der Waals surface area contributed by atoms with Crippen LogP contribution in [0.4, 0.5) is 4.39 Å². The second-order valence-corrected chi connectivity index (χ2v) is 5.89. The summed E-state index contributed by atoms with van der Waals surface area (Å²) in [6.07, 6.45) is -0.0239. The summed E-state index contributed by atoms with van der Waals surface area (Å²) >= 11 is 0. The molecule has 0 spiro atoms. The number of benzene rings is 1. The molecular weight excluding hydrogens is 287 g/mol. The lowest BCUT2D eigenvalue weighted by Gasteiger charge is -2.30. The highest BCUT2D eigenvalue weighted by molar-refractivity contribution is 5.79. The predicted molar refractivity (Wildman–Crippen MR) is 78.7 cm³/mol. The molecule has 2 aliphatic heterocycles. The van der Waals surface area contributed by atoms with Gasteiger partial charge in [-0.15, -0.1) is 0 Å². The molecule has 0 aliphatic carbocycles. The lowest BCUT2D eigenvalue weighted by molar-refractivity contribution is -0.134. The number of ether oxygens (including phenoxy) is 1. The number of morpholine rings is 1. The van der Waals surface area contributed by atoms with Gasteiger partial charge in [-0.25, -0.2) is 4.39 Å². The predicted octanol–water partition coefficient (Wildman–Crippen LogP) is 0.792. The van der Waals surface area contributed by atoms with Crippen molar-refractivity contribution in [3.05, 3.63) is 35.6 Å². The van der Waals surface area contributed by atoms with Crippen LogP contribution in [0, 0.1) is 5.82 Å². The van der Waals surface area contributed by atoms with E-state index in [0.29, 0.717) is 32.7 Å². The van der Waals surface area contributed by atoms with E-state index in [4.69, 9.17) is 4.74 Å². The molecule has 5 nitrogen and oxygen atoms in total. The molecule has 2 aliphatic rings. The number of rotatable bonds is 3. The molecule has 2 atom stereocenters. The lowest BCUT2D eigenvalue weighted by atomic mass is 10.0. The highest BCUT2D eigenvalue weighted by Crippen LogP contribution is 2.32. The second-order valence-electron chi connectivity index (χ2n) is 5.89. The quantitative estimate of drug-likeness (QED) is 0.897. The van der Waals surface area contributed by atoms with Crippen LogP contribution < -0.4 is 0 Å². The summed E-state index contributed by atoms with van der Waals surface area (Å²) in [5.41, 5.74) is 0.869. The number of aliphatic hydroxyl groups excluding tert-OH is 1. The van der Waals surface area contributed by atoms with Gasteiger partial charge in [-0.1, -0.05) is 12.1 Å². The maximum Gasteiger partial charge on any atom is 0.237 e. The largest absolute Gasteiger partial charge is 0.391 e. The van der Waals surface area contributed by atoms with Crippen LogP contribution in [0.5, 0.6) is 0 Å². The van der Waals surface area contributed by atoms with Crippen LogP contribution in [0.1, 0.15) is 18.0 Å². The highest BCUT2D eigenvalue weighted by atomic mass is 19.1. The normalized spacial score (nSPS) is 26.4. The van der Waals surface area contributed by atoms with Gasteiger partial charge in [0.05, 0.1) is 31.9 Å². The Bertz CT molecular complexity index is 517. The van der Waals surface area contributed by atoms with Gasteiger partial charge in [0, 0.05) is 19.6 Å². The minimum absolute atomic E-state index is 0.00720. The van der Waals surface area contributed by atoms with E-state index in [9.17, 15) is 14.3 Å². The van der Waals surface area contributed by atoms with Gasteiger partial charge < -0.3 is 14.7 Å². The standard InChI is InChI=1S/C16H21FN2O3/c17-13-3-1-12(2-4-13)15-9-14(20)10-19(15)16(21)11-18-5-7-22-8-6-18/h1-4,14-15,20H,5-11H2/t14-,15+/m0/s1. The van der Waals surface area contributed by atoms with Gasteiger partial charge in [0.1, 0.15) is 5.82 Å². The number of likely N-dealkylation sites (tertiary alicyclic amines) is 1. The van der Waals surface area contributed by atoms with Gasteiger partial charge >= 0.3 is 0 Å². The Balaban J connectivity index is 1.69. The number of carbonyl (C=O) groups is 1. The van der Waals surface area contributed by atoms with E-state index in [0.717, 1.165) is 18.7 Å². The number of β-amino-alcohol motifs (C(OH)–C–C–N with tert-alkyl or cyclic N) is 1. The molecule has 1 N–H and O–H groups in total. The van der Waals surface area contributed by atoms with Crippen LogP contribution in [-0.4, -0.2) is 66.3 Å². The van der Waals surface area contributed by atoms with E-state index in [2.05, 4.69) is 4.90 Å². The third-order valence-corrected chi connectivity index (χ3v) is 4.32. The van der Waals surface area contributed by atoms with E-state index >= 15 is 0 Å². The van der Waals surface area contributed by atoms with Crippen LogP contribution in [0.25, 0.3) is 0 Å². The van der Waals surface area contributed by atoms with Crippen molar-refractivity contribution in [3.63, 3.8) is 0 Å². The molecule has 0 unspecified atom stereocenters. The van der Waals surface area contributed by atoms with E-state index in [-0.39, 0.29) is 17.8 Å². The summed E-state index contributed by atoms with van der Waals surface area (Å²) in [5.74, 6) is -0.290. The van der Waals surface area contributed by atoms with E-state index in [1.807, 2.05) is 0 Å². The van der Waals surface area contributed by atoms with Crippen LogP contribution in [0.2, 0.25) is 0 Å². The van der Waals surface area contributed by atoms with E-state index in [1.54, 1.807) is 17.0 Å². The molecule has 2 fully saturated rings. The number of amides is 1. The molecule has 3 rings (SSSR count). The number of nitrogens with zero attached hydrogens (tertiary/aromatic N) is 2. The van der Waals surface area contributed by atoms with Gasteiger partial charge in [-0.05, 0) is 24.1 Å². The molecule has 1 aromatic carbocycles. The molecule has 0 radical (unpaired) electrons. The Kier molecular flexibility index (Phi) is 4.71. The van der Waals surface area contributed by atoms with Crippen molar-refractivity contribution in [2.24, 2.45) is 0 Å². The average molecular weight is 308 g/mol. The second kappa shape index (κ2) is 6.73. The summed E-state index contributed by atoms with van der Waals surface area (Å²) in [6, 6.07) is 5.99. The molecule has 2 heterocycles. The maximum absolute atomic E-state index is 13.1. The van der Waals surface area contributed by atoms with Crippen LogP contribution in [-0.2, 0) is 9.53 Å². The molecule has 0 saturated carbocycles. The van der Waals surface area contributed by atoms with Crippen molar-refractivity contribution in [1.82, 2.24) is 9.80 Å². The SMILES string of the molecule is O=C(CN1CCOCC1)N1C[C@@H](O)C[C@@H]1c1ccc(F)cc1. The molecule has 0 aromatic heterocycles. The molecule has 6 heteroatoms. The Labute approximate surface area is 129 Å². The zero-order valence-electron chi connectivity index (χ0n) is 12.4. The fourth-order valence-corrected chi connectivity index (χ4v) is 3.13. The first kappa shape index (κ1) is 15.4. The first-order chi connectivity index (χ1) is 10.6. The number of aliphatic hydroxyl groups is 1. The number of carbonyl (C=O) groups excluding carboxylic acids is 1. The fraction of sp³-hybridized carbons (Fsp3) is 0.562. The first-order valence-electron chi connectivity index (χ1n) is 7.66. The maximum atomic E-state index is 13.1. The lowest BCUT2D eigenvalue weighted by Crippen LogP contribution is -2.44. The van der Waals surface area contributed by atoms with Crippen LogP contribution >= 0.6 is 0 Å². The highest BCUT2D eigenvalue weighted by Gasteiger charge is 2.35.